The normalized spacial score (nSPS) is 12.0. The van der Waals surface area contributed by atoms with Crippen LogP contribution in [0.15, 0.2) is 12.2 Å². The number of nitrogens with zero attached hydrogens (tertiary/aromatic N) is 1. The molecule has 0 aliphatic heterocycles. The molecule has 0 aliphatic rings. The number of hydrogen-bond acceptors (Lipinski definition) is 2. The third-order valence-electron chi connectivity index (χ3n) is 1.73. The molecular weight excluding hydrogens is 202 g/mol. The Hall–Kier alpha value is -0.830. The first-order valence-corrected chi connectivity index (χ1v) is 4.91. The second kappa shape index (κ2) is 5.81. The van der Waals surface area contributed by atoms with Crippen molar-refractivity contribution in [2.24, 2.45) is 0 Å². The van der Waals surface area contributed by atoms with Gasteiger partial charge >= 0.3 is 0 Å². The molecule has 0 fully saturated rings. The van der Waals surface area contributed by atoms with Crippen molar-refractivity contribution < 1.29 is 9.59 Å². The highest BCUT2D eigenvalue weighted by Crippen LogP contribution is 2.05. The fourth-order valence-electron chi connectivity index (χ4n) is 1.01. The number of carbonyl (C=O) groups excluding carboxylic acids is 2. The summed E-state index contributed by atoms with van der Waals surface area (Å²) in [5.74, 6) is -0.665. The van der Waals surface area contributed by atoms with Gasteiger partial charge in [-0.2, -0.15) is 0 Å². The predicted octanol–water partition coefficient (Wildman–Crippen LogP) is 1.61. The van der Waals surface area contributed by atoms with Gasteiger partial charge in [0.15, 0.2) is 11.2 Å². The maximum absolute atomic E-state index is 11.6. The molecule has 0 bridgehead atoms. The molecule has 1 unspecified atom stereocenters. The Balaban J connectivity index is 4.45. The zero-order valence-corrected chi connectivity index (χ0v) is 9.60. The van der Waals surface area contributed by atoms with E-state index in [0.29, 0.717) is 13.1 Å². The Morgan fingerprint density at radius 3 is 2.21 bits per heavy atom. The van der Waals surface area contributed by atoms with Crippen LogP contribution in [0.3, 0.4) is 0 Å². The van der Waals surface area contributed by atoms with Gasteiger partial charge in [0.2, 0.25) is 5.91 Å². The second-order valence-corrected chi connectivity index (χ2v) is 3.72. The molecule has 1 atom stereocenters. The summed E-state index contributed by atoms with van der Waals surface area (Å²) in [4.78, 5) is 24.0. The van der Waals surface area contributed by atoms with E-state index in [1.807, 2.05) is 13.8 Å². The summed E-state index contributed by atoms with van der Waals surface area (Å²) in [6, 6.07) is 0. The van der Waals surface area contributed by atoms with Crippen molar-refractivity contribution in [3.05, 3.63) is 12.2 Å². The molecule has 0 aliphatic carbocycles. The highest BCUT2D eigenvalue weighted by molar-refractivity contribution is 6.41. The van der Waals surface area contributed by atoms with Crippen LogP contribution < -0.4 is 0 Å². The average Bonchev–Trinajstić information content (AvgIpc) is 2.11. The highest BCUT2D eigenvalue weighted by Gasteiger charge is 2.24. The predicted molar refractivity (Wildman–Crippen MR) is 57.4 cm³/mol. The molecule has 0 radical (unpaired) electrons. The molecule has 3 nitrogen and oxygen atoms in total. The fraction of sp³-hybridized carbons (Fsp3) is 0.600. The van der Waals surface area contributed by atoms with E-state index in [0.717, 1.165) is 5.57 Å². The van der Waals surface area contributed by atoms with Crippen LogP contribution in [-0.4, -0.2) is 35.1 Å². The Kier molecular flexibility index (Phi) is 5.46. The minimum atomic E-state index is -1.06. The topological polar surface area (TPSA) is 37.4 Å². The van der Waals surface area contributed by atoms with Gasteiger partial charge in [-0.15, -0.1) is 11.6 Å². The lowest BCUT2D eigenvalue weighted by atomic mass is 10.2. The molecule has 0 N–H and O–H groups in total. The number of alkyl halides is 1. The third kappa shape index (κ3) is 3.92. The van der Waals surface area contributed by atoms with Gasteiger partial charge < -0.3 is 4.90 Å². The van der Waals surface area contributed by atoms with E-state index < -0.39 is 5.38 Å². The minimum Gasteiger partial charge on any atom is -0.337 e. The number of rotatable bonds is 5. The standard InChI is InChI=1S/C10H16ClNO2/c1-5-12(6-7(2)3)10(14)9(11)8(4)13/h9H,2,5-6H2,1,3-4H3. The van der Waals surface area contributed by atoms with Crippen LogP contribution in [0.4, 0.5) is 0 Å². The van der Waals surface area contributed by atoms with Crippen LogP contribution in [0, 0.1) is 0 Å². The van der Waals surface area contributed by atoms with Crippen LogP contribution in [-0.2, 0) is 9.59 Å². The van der Waals surface area contributed by atoms with E-state index in [-0.39, 0.29) is 11.7 Å². The van der Waals surface area contributed by atoms with E-state index in [2.05, 4.69) is 6.58 Å². The molecule has 0 aromatic carbocycles. The molecule has 0 aromatic rings. The molecule has 0 rings (SSSR count). The minimum absolute atomic E-state index is 0.322. The molecule has 0 spiro atoms. The van der Waals surface area contributed by atoms with E-state index in [1.54, 1.807) is 0 Å². The van der Waals surface area contributed by atoms with Gasteiger partial charge in [-0.05, 0) is 20.8 Å². The quantitative estimate of drug-likeness (QED) is 0.399. The molecular formula is C10H16ClNO2. The monoisotopic (exact) mass is 217 g/mol. The maximum atomic E-state index is 11.6. The molecule has 4 heteroatoms. The van der Waals surface area contributed by atoms with E-state index in [4.69, 9.17) is 11.6 Å². The van der Waals surface area contributed by atoms with E-state index >= 15 is 0 Å². The molecule has 80 valence electrons. The number of halogens is 1. The van der Waals surface area contributed by atoms with Crippen LogP contribution >= 0.6 is 11.6 Å². The summed E-state index contributed by atoms with van der Waals surface area (Å²) < 4.78 is 0. The van der Waals surface area contributed by atoms with Crippen LogP contribution in [0.2, 0.25) is 0 Å². The first kappa shape index (κ1) is 13.2. The Bertz CT molecular complexity index is 251. The summed E-state index contributed by atoms with van der Waals surface area (Å²) in [5.41, 5.74) is 0.868. The van der Waals surface area contributed by atoms with Crippen molar-refractivity contribution in [1.82, 2.24) is 4.90 Å². The largest absolute Gasteiger partial charge is 0.337 e. The van der Waals surface area contributed by atoms with Gasteiger partial charge in [0, 0.05) is 13.1 Å². The van der Waals surface area contributed by atoms with Gasteiger partial charge in [-0.25, -0.2) is 0 Å². The van der Waals surface area contributed by atoms with E-state index in [9.17, 15) is 9.59 Å². The summed E-state index contributed by atoms with van der Waals surface area (Å²) in [7, 11) is 0. The van der Waals surface area contributed by atoms with Gasteiger partial charge in [0.25, 0.3) is 0 Å². The zero-order chi connectivity index (χ0) is 11.3. The third-order valence-corrected chi connectivity index (χ3v) is 2.22. The van der Waals surface area contributed by atoms with Gasteiger partial charge in [-0.3, -0.25) is 9.59 Å². The smallest absolute Gasteiger partial charge is 0.248 e. The van der Waals surface area contributed by atoms with E-state index in [1.165, 1.54) is 11.8 Å². The summed E-state index contributed by atoms with van der Waals surface area (Å²) in [6.07, 6.45) is 0. The molecule has 0 saturated heterocycles. The number of Topliss-reactive ketones (excluding diaryl/α,β-unsaturated/α-hetero) is 1. The van der Waals surface area contributed by atoms with Crippen LogP contribution in [0.5, 0.6) is 0 Å². The lowest BCUT2D eigenvalue weighted by Gasteiger charge is -2.22. The first-order valence-electron chi connectivity index (χ1n) is 4.47. The number of amides is 1. The lowest BCUT2D eigenvalue weighted by molar-refractivity contribution is -0.133. The van der Waals surface area contributed by atoms with Crippen LogP contribution in [0.1, 0.15) is 20.8 Å². The molecule has 14 heavy (non-hydrogen) atoms. The zero-order valence-electron chi connectivity index (χ0n) is 8.84. The lowest BCUT2D eigenvalue weighted by Crippen LogP contribution is -2.40. The fourth-order valence-corrected chi connectivity index (χ4v) is 1.14. The van der Waals surface area contributed by atoms with Crippen molar-refractivity contribution in [2.75, 3.05) is 13.1 Å². The first-order chi connectivity index (χ1) is 6.40. The number of hydrogen-bond donors (Lipinski definition) is 0. The Morgan fingerprint density at radius 1 is 1.43 bits per heavy atom. The van der Waals surface area contributed by atoms with Gasteiger partial charge in [0.05, 0.1) is 0 Å². The van der Waals surface area contributed by atoms with Crippen molar-refractivity contribution >= 4 is 23.3 Å². The van der Waals surface area contributed by atoms with Gasteiger partial charge in [0.1, 0.15) is 0 Å². The van der Waals surface area contributed by atoms with Crippen molar-refractivity contribution in [3.63, 3.8) is 0 Å². The van der Waals surface area contributed by atoms with Crippen molar-refractivity contribution in [3.8, 4) is 0 Å². The Morgan fingerprint density at radius 2 is 1.93 bits per heavy atom. The average molecular weight is 218 g/mol. The number of carbonyl (C=O) groups is 2. The summed E-state index contributed by atoms with van der Waals surface area (Å²) in [5, 5.41) is -1.06. The highest BCUT2D eigenvalue weighted by atomic mass is 35.5. The SMILES string of the molecule is C=C(C)CN(CC)C(=O)C(Cl)C(C)=O. The molecule has 0 aromatic heterocycles. The van der Waals surface area contributed by atoms with Crippen molar-refractivity contribution in [2.45, 2.75) is 26.1 Å². The Labute approximate surface area is 89.7 Å². The molecule has 1 amide bonds. The van der Waals surface area contributed by atoms with Gasteiger partial charge in [-0.1, -0.05) is 12.2 Å². The molecule has 0 saturated carbocycles. The number of ketones is 1. The second-order valence-electron chi connectivity index (χ2n) is 3.28. The van der Waals surface area contributed by atoms with Crippen molar-refractivity contribution in [1.29, 1.82) is 0 Å². The summed E-state index contributed by atoms with van der Waals surface area (Å²) in [6.45, 7) is 9.66. The maximum Gasteiger partial charge on any atom is 0.248 e. The molecule has 0 heterocycles. The summed E-state index contributed by atoms with van der Waals surface area (Å²) >= 11 is 5.65. The number of likely N-dealkylation sites (N-methyl/N-ethyl adjacent to an activating group) is 1. The van der Waals surface area contributed by atoms with Crippen LogP contribution in [0.25, 0.3) is 0 Å².